The monoisotopic (exact) mass is 318 g/mol. The third kappa shape index (κ3) is 3.80. The zero-order valence-electron chi connectivity index (χ0n) is 13.2. The zero-order chi connectivity index (χ0) is 16.2. The van der Waals surface area contributed by atoms with E-state index in [9.17, 15) is 9.90 Å². The molecule has 0 aliphatic carbocycles. The number of aryl methyl sites for hydroxylation is 1. The number of aliphatic hydroxyl groups is 1. The van der Waals surface area contributed by atoms with Gasteiger partial charge in [-0.3, -0.25) is 14.4 Å². The molecule has 0 saturated carbocycles. The number of likely N-dealkylation sites (tertiary alicyclic amines) is 1. The van der Waals surface area contributed by atoms with Gasteiger partial charge >= 0.3 is 0 Å². The Hall–Kier alpha value is -2.12. The van der Waals surface area contributed by atoms with E-state index in [1.165, 1.54) is 0 Å². The van der Waals surface area contributed by atoms with Gasteiger partial charge in [0.1, 0.15) is 5.76 Å². The van der Waals surface area contributed by atoms with Crippen molar-refractivity contribution in [1.82, 2.24) is 20.0 Å². The van der Waals surface area contributed by atoms with Crippen LogP contribution >= 0.6 is 0 Å². The van der Waals surface area contributed by atoms with E-state index in [0.717, 1.165) is 17.9 Å². The van der Waals surface area contributed by atoms with Crippen molar-refractivity contribution in [2.75, 3.05) is 26.2 Å². The fourth-order valence-corrected chi connectivity index (χ4v) is 3.14. The summed E-state index contributed by atoms with van der Waals surface area (Å²) in [6, 6.07) is 3.63. The van der Waals surface area contributed by atoms with Gasteiger partial charge in [-0.2, -0.15) is 5.10 Å². The maximum Gasteiger partial charge on any atom is 0.234 e. The second kappa shape index (κ2) is 6.97. The quantitative estimate of drug-likeness (QED) is 0.802. The highest BCUT2D eigenvalue weighted by Crippen LogP contribution is 2.31. The largest absolute Gasteiger partial charge is 0.467 e. The first kappa shape index (κ1) is 15.8. The lowest BCUT2D eigenvalue weighted by atomic mass is 9.92. The summed E-state index contributed by atoms with van der Waals surface area (Å²) in [5, 5.41) is 16.7. The van der Waals surface area contributed by atoms with E-state index in [-0.39, 0.29) is 24.3 Å². The van der Waals surface area contributed by atoms with Crippen LogP contribution in [-0.2, 0) is 18.4 Å². The van der Waals surface area contributed by atoms with Crippen molar-refractivity contribution in [3.05, 3.63) is 42.1 Å². The standard InChI is InChI=1S/C16H22N4O3/c1-19-7-12(5-18-19)15-9-20(8-13(15)11-21)10-16(22)17-6-14-3-2-4-23-14/h2-5,7,13,15,21H,6,8-11H2,1H3,(H,17,22)/t13-,15-/m0/s1. The summed E-state index contributed by atoms with van der Waals surface area (Å²) in [4.78, 5) is 14.1. The molecule has 7 nitrogen and oxygen atoms in total. The number of furan rings is 1. The third-order valence-corrected chi connectivity index (χ3v) is 4.31. The molecule has 2 atom stereocenters. The minimum absolute atomic E-state index is 0.0371. The smallest absolute Gasteiger partial charge is 0.234 e. The molecule has 1 aliphatic heterocycles. The van der Waals surface area contributed by atoms with Crippen LogP contribution in [0.3, 0.4) is 0 Å². The van der Waals surface area contributed by atoms with Crippen molar-refractivity contribution in [3.63, 3.8) is 0 Å². The first-order chi connectivity index (χ1) is 11.2. The molecular weight excluding hydrogens is 296 g/mol. The van der Waals surface area contributed by atoms with Crippen molar-refractivity contribution in [2.24, 2.45) is 13.0 Å². The van der Waals surface area contributed by atoms with Crippen molar-refractivity contribution >= 4 is 5.91 Å². The Morgan fingerprint density at radius 1 is 1.52 bits per heavy atom. The molecule has 3 rings (SSSR count). The topological polar surface area (TPSA) is 83.5 Å². The van der Waals surface area contributed by atoms with Crippen LogP contribution < -0.4 is 5.32 Å². The van der Waals surface area contributed by atoms with Crippen LogP contribution in [0.1, 0.15) is 17.2 Å². The molecule has 23 heavy (non-hydrogen) atoms. The minimum atomic E-state index is -0.0371. The fraction of sp³-hybridized carbons (Fsp3) is 0.500. The van der Waals surface area contributed by atoms with E-state index in [1.807, 2.05) is 25.5 Å². The van der Waals surface area contributed by atoms with E-state index in [1.54, 1.807) is 17.0 Å². The van der Waals surface area contributed by atoms with E-state index < -0.39 is 0 Å². The molecule has 2 N–H and O–H groups in total. The van der Waals surface area contributed by atoms with Crippen molar-refractivity contribution in [1.29, 1.82) is 0 Å². The molecule has 0 spiro atoms. The number of carbonyl (C=O) groups is 1. The maximum atomic E-state index is 12.1. The Morgan fingerprint density at radius 2 is 2.39 bits per heavy atom. The number of hydrogen-bond acceptors (Lipinski definition) is 5. The maximum absolute atomic E-state index is 12.1. The Labute approximate surface area is 134 Å². The van der Waals surface area contributed by atoms with Crippen LogP contribution in [0.4, 0.5) is 0 Å². The van der Waals surface area contributed by atoms with Gasteiger partial charge < -0.3 is 14.8 Å². The SMILES string of the molecule is Cn1cc([C@@H]2CN(CC(=O)NCc3ccco3)C[C@H]2CO)cn1. The number of amides is 1. The summed E-state index contributed by atoms with van der Waals surface area (Å²) in [5.74, 6) is 1.05. The third-order valence-electron chi connectivity index (χ3n) is 4.31. The predicted octanol–water partition coefficient (Wildman–Crippen LogP) is 0.337. The highest BCUT2D eigenvalue weighted by molar-refractivity contribution is 5.78. The molecule has 7 heteroatoms. The number of nitrogens with zero attached hydrogens (tertiary/aromatic N) is 3. The normalized spacial score (nSPS) is 21.7. The van der Waals surface area contributed by atoms with E-state index in [0.29, 0.717) is 19.6 Å². The minimum Gasteiger partial charge on any atom is -0.467 e. The van der Waals surface area contributed by atoms with Crippen molar-refractivity contribution in [3.8, 4) is 0 Å². The molecule has 0 radical (unpaired) electrons. The number of carbonyl (C=O) groups excluding carboxylic acids is 1. The second-order valence-corrected chi connectivity index (χ2v) is 6.05. The Bertz CT molecular complexity index is 638. The molecule has 0 aromatic carbocycles. The molecule has 1 saturated heterocycles. The number of hydrogen-bond donors (Lipinski definition) is 2. The van der Waals surface area contributed by atoms with Gasteiger partial charge in [-0.15, -0.1) is 0 Å². The number of nitrogens with one attached hydrogen (secondary N) is 1. The lowest BCUT2D eigenvalue weighted by Crippen LogP contribution is -2.36. The summed E-state index contributed by atoms with van der Waals surface area (Å²) < 4.78 is 6.96. The van der Waals surface area contributed by atoms with Crippen LogP contribution in [0.25, 0.3) is 0 Å². The zero-order valence-corrected chi connectivity index (χ0v) is 13.2. The summed E-state index contributed by atoms with van der Waals surface area (Å²) >= 11 is 0. The van der Waals surface area contributed by atoms with Crippen molar-refractivity contribution < 1.29 is 14.3 Å². The van der Waals surface area contributed by atoms with Crippen LogP contribution in [0.2, 0.25) is 0 Å². The highest BCUT2D eigenvalue weighted by Gasteiger charge is 2.34. The fourth-order valence-electron chi connectivity index (χ4n) is 3.14. The van der Waals surface area contributed by atoms with Gasteiger partial charge in [0, 0.05) is 44.8 Å². The summed E-state index contributed by atoms with van der Waals surface area (Å²) in [5.41, 5.74) is 1.12. The summed E-state index contributed by atoms with van der Waals surface area (Å²) in [7, 11) is 1.88. The van der Waals surface area contributed by atoms with Gasteiger partial charge in [-0.05, 0) is 17.7 Å². The summed E-state index contributed by atoms with van der Waals surface area (Å²) in [6.45, 7) is 2.31. The van der Waals surface area contributed by atoms with Gasteiger partial charge in [0.25, 0.3) is 0 Å². The first-order valence-corrected chi connectivity index (χ1v) is 7.76. The molecule has 1 fully saturated rings. The average Bonchev–Trinajstić information content (AvgIpc) is 3.25. The van der Waals surface area contributed by atoms with Gasteiger partial charge in [0.05, 0.1) is 25.5 Å². The Balaban J connectivity index is 1.53. The highest BCUT2D eigenvalue weighted by atomic mass is 16.3. The Kier molecular flexibility index (Phi) is 4.78. The van der Waals surface area contributed by atoms with E-state index >= 15 is 0 Å². The number of aliphatic hydroxyl groups excluding tert-OH is 1. The lowest BCUT2D eigenvalue weighted by molar-refractivity contribution is -0.122. The first-order valence-electron chi connectivity index (χ1n) is 7.76. The molecule has 124 valence electrons. The van der Waals surface area contributed by atoms with Crippen LogP contribution in [0, 0.1) is 5.92 Å². The van der Waals surface area contributed by atoms with Gasteiger partial charge in [-0.25, -0.2) is 0 Å². The second-order valence-electron chi connectivity index (χ2n) is 6.05. The molecule has 1 amide bonds. The molecule has 0 bridgehead atoms. The number of aromatic nitrogens is 2. The average molecular weight is 318 g/mol. The van der Waals surface area contributed by atoms with E-state index in [2.05, 4.69) is 15.3 Å². The van der Waals surface area contributed by atoms with Gasteiger partial charge in [0.15, 0.2) is 0 Å². The van der Waals surface area contributed by atoms with Gasteiger partial charge in [-0.1, -0.05) is 0 Å². The molecular formula is C16H22N4O3. The van der Waals surface area contributed by atoms with Crippen molar-refractivity contribution in [2.45, 2.75) is 12.5 Å². The van der Waals surface area contributed by atoms with Crippen LogP contribution in [0.15, 0.2) is 35.2 Å². The lowest BCUT2D eigenvalue weighted by Gasteiger charge is -2.14. The Morgan fingerprint density at radius 3 is 3.04 bits per heavy atom. The van der Waals surface area contributed by atoms with Gasteiger partial charge in [0.2, 0.25) is 5.91 Å². The molecule has 1 aliphatic rings. The predicted molar refractivity (Wildman–Crippen MR) is 83.5 cm³/mol. The molecule has 2 aromatic heterocycles. The number of rotatable bonds is 6. The van der Waals surface area contributed by atoms with Crippen LogP contribution in [0.5, 0.6) is 0 Å². The molecule has 0 unspecified atom stereocenters. The van der Waals surface area contributed by atoms with E-state index in [4.69, 9.17) is 4.42 Å². The molecule has 3 heterocycles. The van der Waals surface area contributed by atoms with Crippen LogP contribution in [-0.4, -0.2) is 51.9 Å². The summed E-state index contributed by atoms with van der Waals surface area (Å²) in [6.07, 6.45) is 5.41. The molecule has 2 aromatic rings.